The Kier molecular flexibility index (Phi) is 4.29. The number of carbonyl (C=O) groups excluding carboxylic acids is 1. The van der Waals surface area contributed by atoms with Crippen LogP contribution in [0.3, 0.4) is 0 Å². The molecule has 0 spiro atoms. The highest BCUT2D eigenvalue weighted by atomic mass is 16.1. The third-order valence-electron chi connectivity index (χ3n) is 4.49. The number of nitrogens with zero attached hydrogens (tertiary/aromatic N) is 3. The summed E-state index contributed by atoms with van der Waals surface area (Å²) >= 11 is 0. The van der Waals surface area contributed by atoms with Gasteiger partial charge in [0.2, 0.25) is 0 Å². The smallest absolute Gasteiger partial charge is 0.152 e. The summed E-state index contributed by atoms with van der Waals surface area (Å²) in [4.78, 5) is 24.7. The number of aromatic amines is 1. The molecule has 1 aromatic heterocycles. The Morgan fingerprint density at radius 2 is 2.10 bits per heavy atom. The number of H-pyrrole nitrogens is 1. The number of aromatic nitrogens is 2. The maximum Gasteiger partial charge on any atom is 0.152 e. The third kappa shape index (κ3) is 2.98. The number of rotatable bonds is 5. The number of Topliss-reactive ketones (excluding diaryl/α,β-unsaturated/α-hetero) is 1. The Morgan fingerprint density at radius 1 is 1.29 bits per heavy atom. The summed E-state index contributed by atoms with van der Waals surface area (Å²) in [5.41, 5.74) is 1.23. The van der Waals surface area contributed by atoms with Crippen molar-refractivity contribution in [1.82, 2.24) is 14.9 Å². The molecule has 1 aromatic rings. The molecule has 0 bridgehead atoms. The van der Waals surface area contributed by atoms with Crippen molar-refractivity contribution in [1.29, 1.82) is 0 Å². The van der Waals surface area contributed by atoms with Crippen LogP contribution in [-0.2, 0) is 11.3 Å². The molecule has 3 rings (SSSR count). The minimum atomic E-state index is 0.311. The first-order valence-electron chi connectivity index (χ1n) is 8.29. The maximum absolute atomic E-state index is 11.5. The Bertz CT molecular complexity index is 510. The number of anilines is 1. The van der Waals surface area contributed by atoms with Crippen molar-refractivity contribution in [2.75, 3.05) is 24.7 Å². The van der Waals surface area contributed by atoms with Crippen LogP contribution in [0.25, 0.3) is 0 Å². The van der Waals surface area contributed by atoms with Gasteiger partial charge in [-0.05, 0) is 25.8 Å². The van der Waals surface area contributed by atoms with Crippen LogP contribution in [0.5, 0.6) is 0 Å². The van der Waals surface area contributed by atoms with E-state index in [1.54, 1.807) is 0 Å². The molecule has 1 unspecified atom stereocenters. The van der Waals surface area contributed by atoms with E-state index < -0.39 is 0 Å². The average molecular weight is 290 g/mol. The largest absolute Gasteiger partial charge is 0.343 e. The quantitative estimate of drug-likeness (QED) is 0.906. The lowest BCUT2D eigenvalue weighted by atomic mass is 10.1. The monoisotopic (exact) mass is 290 g/mol. The van der Waals surface area contributed by atoms with Crippen LogP contribution in [0.2, 0.25) is 0 Å². The second kappa shape index (κ2) is 6.18. The molecule has 0 amide bonds. The van der Waals surface area contributed by atoms with Crippen molar-refractivity contribution in [2.24, 2.45) is 0 Å². The number of nitrogens with one attached hydrogen (secondary N) is 1. The molecular weight excluding hydrogens is 264 g/mol. The van der Waals surface area contributed by atoms with Crippen LogP contribution in [0.15, 0.2) is 0 Å². The SMILES string of the molecule is CCCN1Cc2[nH]c(C3CCC(=O)C3)nc2N(CCC)C1. The van der Waals surface area contributed by atoms with Crippen molar-refractivity contribution in [2.45, 2.75) is 58.4 Å². The molecule has 0 radical (unpaired) electrons. The van der Waals surface area contributed by atoms with Crippen LogP contribution in [0.1, 0.15) is 63.4 Å². The number of carbonyl (C=O) groups is 1. The number of imidazole rings is 1. The fourth-order valence-electron chi connectivity index (χ4n) is 3.53. The highest BCUT2D eigenvalue weighted by Gasteiger charge is 2.30. The summed E-state index contributed by atoms with van der Waals surface area (Å²) in [5, 5.41) is 0. The van der Waals surface area contributed by atoms with Crippen molar-refractivity contribution in [3.05, 3.63) is 11.5 Å². The van der Waals surface area contributed by atoms with Gasteiger partial charge in [-0.25, -0.2) is 4.98 Å². The Labute approximate surface area is 126 Å². The van der Waals surface area contributed by atoms with E-state index >= 15 is 0 Å². The molecule has 1 aliphatic carbocycles. The van der Waals surface area contributed by atoms with E-state index in [4.69, 9.17) is 4.98 Å². The molecular formula is C16H26N4O. The highest BCUT2D eigenvalue weighted by molar-refractivity contribution is 5.81. The average Bonchev–Trinajstić information content (AvgIpc) is 3.05. The molecule has 116 valence electrons. The van der Waals surface area contributed by atoms with Gasteiger partial charge in [-0.1, -0.05) is 13.8 Å². The molecule has 0 aromatic carbocycles. The molecule has 1 N–H and O–H groups in total. The topological polar surface area (TPSA) is 52.2 Å². The minimum absolute atomic E-state index is 0.311. The number of hydrogen-bond acceptors (Lipinski definition) is 4. The minimum Gasteiger partial charge on any atom is -0.343 e. The molecule has 1 fully saturated rings. The molecule has 1 aliphatic heterocycles. The van der Waals surface area contributed by atoms with Crippen LogP contribution >= 0.6 is 0 Å². The van der Waals surface area contributed by atoms with E-state index in [0.717, 1.165) is 57.2 Å². The predicted octanol–water partition coefficient (Wildman–Crippen LogP) is 2.65. The van der Waals surface area contributed by atoms with Gasteiger partial charge in [0.25, 0.3) is 0 Å². The van der Waals surface area contributed by atoms with E-state index in [0.29, 0.717) is 18.1 Å². The molecule has 1 atom stereocenters. The summed E-state index contributed by atoms with van der Waals surface area (Å²) in [5.74, 6) is 2.85. The fourth-order valence-corrected chi connectivity index (χ4v) is 3.53. The summed E-state index contributed by atoms with van der Waals surface area (Å²) in [7, 11) is 0. The van der Waals surface area contributed by atoms with Crippen molar-refractivity contribution < 1.29 is 4.79 Å². The lowest BCUT2D eigenvalue weighted by Gasteiger charge is -2.35. The lowest BCUT2D eigenvalue weighted by Crippen LogP contribution is -2.43. The third-order valence-corrected chi connectivity index (χ3v) is 4.49. The number of fused-ring (bicyclic) bond motifs is 1. The van der Waals surface area contributed by atoms with Gasteiger partial charge in [0.05, 0.1) is 12.4 Å². The standard InChI is InChI=1S/C16H26N4O/c1-3-7-19-10-14-16(20(11-19)8-4-2)18-15(17-14)12-5-6-13(21)9-12/h12H,3-11H2,1-2H3,(H,17,18). The van der Waals surface area contributed by atoms with Crippen molar-refractivity contribution in [3.63, 3.8) is 0 Å². The molecule has 0 saturated heterocycles. The molecule has 1 saturated carbocycles. The highest BCUT2D eigenvalue weighted by Crippen LogP contribution is 2.34. The first-order valence-corrected chi connectivity index (χ1v) is 8.29. The molecule has 5 nitrogen and oxygen atoms in total. The Balaban J connectivity index is 1.82. The lowest BCUT2D eigenvalue weighted by molar-refractivity contribution is -0.117. The van der Waals surface area contributed by atoms with E-state index in [1.807, 2.05) is 0 Å². The number of hydrogen-bond donors (Lipinski definition) is 1. The van der Waals surface area contributed by atoms with E-state index in [9.17, 15) is 4.79 Å². The first kappa shape index (κ1) is 14.6. The van der Waals surface area contributed by atoms with Gasteiger partial charge in [0.15, 0.2) is 5.82 Å². The molecule has 21 heavy (non-hydrogen) atoms. The van der Waals surface area contributed by atoms with Crippen molar-refractivity contribution >= 4 is 11.6 Å². The summed E-state index contributed by atoms with van der Waals surface area (Å²) in [6, 6.07) is 0. The Hall–Kier alpha value is -1.36. The Morgan fingerprint density at radius 3 is 2.76 bits per heavy atom. The summed E-state index contributed by atoms with van der Waals surface area (Å²) < 4.78 is 0. The summed E-state index contributed by atoms with van der Waals surface area (Å²) in [6.07, 6.45) is 4.64. The predicted molar refractivity (Wildman–Crippen MR) is 83.4 cm³/mol. The van der Waals surface area contributed by atoms with Crippen LogP contribution in [-0.4, -0.2) is 40.4 Å². The van der Waals surface area contributed by atoms with E-state index in [1.165, 1.54) is 12.1 Å². The van der Waals surface area contributed by atoms with Gasteiger partial charge < -0.3 is 9.88 Å². The van der Waals surface area contributed by atoms with Gasteiger partial charge in [-0.2, -0.15) is 0 Å². The first-order chi connectivity index (χ1) is 10.2. The second-order valence-electron chi connectivity index (χ2n) is 6.36. The van der Waals surface area contributed by atoms with Gasteiger partial charge in [-0.15, -0.1) is 0 Å². The van der Waals surface area contributed by atoms with E-state index in [-0.39, 0.29) is 0 Å². The van der Waals surface area contributed by atoms with E-state index in [2.05, 4.69) is 28.6 Å². The molecule has 2 heterocycles. The molecule has 5 heteroatoms. The molecule has 2 aliphatic rings. The van der Waals surface area contributed by atoms with Crippen LogP contribution < -0.4 is 4.90 Å². The van der Waals surface area contributed by atoms with Crippen LogP contribution in [0, 0.1) is 0 Å². The zero-order valence-corrected chi connectivity index (χ0v) is 13.2. The van der Waals surface area contributed by atoms with Crippen LogP contribution in [0.4, 0.5) is 5.82 Å². The normalized spacial score (nSPS) is 22.9. The maximum atomic E-state index is 11.5. The van der Waals surface area contributed by atoms with Crippen molar-refractivity contribution in [3.8, 4) is 0 Å². The zero-order chi connectivity index (χ0) is 14.8. The zero-order valence-electron chi connectivity index (χ0n) is 13.2. The van der Waals surface area contributed by atoms with Gasteiger partial charge in [0.1, 0.15) is 11.6 Å². The fraction of sp³-hybridized carbons (Fsp3) is 0.750. The van der Waals surface area contributed by atoms with Gasteiger partial charge >= 0.3 is 0 Å². The summed E-state index contributed by atoms with van der Waals surface area (Å²) in [6.45, 7) is 8.53. The second-order valence-corrected chi connectivity index (χ2v) is 6.36. The number of ketones is 1. The van der Waals surface area contributed by atoms with Gasteiger partial charge in [0, 0.05) is 31.8 Å². The van der Waals surface area contributed by atoms with Gasteiger partial charge in [-0.3, -0.25) is 9.69 Å².